The van der Waals surface area contributed by atoms with Gasteiger partial charge in [0.1, 0.15) is 12.6 Å². The Kier molecular flexibility index (Phi) is 8.39. The Morgan fingerprint density at radius 2 is 2.06 bits per heavy atom. The van der Waals surface area contributed by atoms with Crippen LogP contribution in [-0.4, -0.2) is 47.5 Å². The first-order chi connectivity index (χ1) is 8.51. The first-order valence-corrected chi connectivity index (χ1v) is 6.55. The predicted octanol–water partition coefficient (Wildman–Crippen LogP) is -0.661. The molecule has 0 saturated carbocycles. The van der Waals surface area contributed by atoms with Crippen molar-refractivity contribution in [3.05, 3.63) is 0 Å². The smallest absolute Gasteiger partial charge is 0.303 e. The summed E-state index contributed by atoms with van der Waals surface area (Å²) in [5, 5.41) is 21.5. The van der Waals surface area contributed by atoms with Crippen LogP contribution in [-0.2, 0) is 14.4 Å². The molecule has 0 saturated heterocycles. The van der Waals surface area contributed by atoms with Gasteiger partial charge in [0.2, 0.25) is 11.8 Å². The van der Waals surface area contributed by atoms with E-state index < -0.39 is 23.8 Å². The zero-order valence-corrected chi connectivity index (χ0v) is 10.7. The quantitative estimate of drug-likeness (QED) is 0.505. The molecule has 2 amide bonds. The van der Waals surface area contributed by atoms with Gasteiger partial charge in [-0.05, 0) is 6.26 Å². The highest BCUT2D eigenvalue weighted by Crippen LogP contribution is 1.99. The maximum Gasteiger partial charge on any atom is 0.303 e. The van der Waals surface area contributed by atoms with Crippen molar-refractivity contribution >= 4 is 29.5 Å². The van der Waals surface area contributed by atoms with E-state index in [0.717, 1.165) is 0 Å². The number of amides is 2. The molecule has 0 aromatic heterocycles. The third kappa shape index (κ3) is 7.51. The number of hydrogen-bond acceptors (Lipinski definition) is 5. The number of carbonyl (C=O) groups is 3. The van der Waals surface area contributed by atoms with Crippen LogP contribution in [0.1, 0.15) is 12.8 Å². The number of rotatable bonds is 8. The third-order valence-corrected chi connectivity index (χ3v) is 2.56. The van der Waals surface area contributed by atoms with Crippen LogP contribution in [0.3, 0.4) is 0 Å². The largest absolute Gasteiger partial charge is 0.481 e. The fourth-order valence-corrected chi connectivity index (χ4v) is 1.65. The summed E-state index contributed by atoms with van der Waals surface area (Å²) >= 11 is 1.36. The van der Waals surface area contributed by atoms with Gasteiger partial charge in [0.15, 0.2) is 0 Å². The standard InChI is InChI=1S/C10H15N3O4S/c1-18-6-7(10(17)12-5-4-11)13-8(14)2-3-9(15)16/h7H,2-3,5-6H2,1H3,(H,12,17)(H,13,14)(H,15,16). The monoisotopic (exact) mass is 273 g/mol. The van der Waals surface area contributed by atoms with Crippen LogP contribution in [0.15, 0.2) is 0 Å². The second-order valence-corrected chi connectivity index (χ2v) is 4.26. The van der Waals surface area contributed by atoms with Crippen LogP contribution in [0.25, 0.3) is 0 Å². The van der Waals surface area contributed by atoms with Crippen LogP contribution >= 0.6 is 11.8 Å². The highest BCUT2D eigenvalue weighted by molar-refractivity contribution is 7.98. The lowest BCUT2D eigenvalue weighted by Gasteiger charge is -2.16. The summed E-state index contributed by atoms with van der Waals surface area (Å²) in [7, 11) is 0. The molecule has 0 rings (SSSR count). The Labute approximate surface area is 109 Å². The van der Waals surface area contributed by atoms with E-state index >= 15 is 0 Å². The van der Waals surface area contributed by atoms with E-state index in [9.17, 15) is 14.4 Å². The lowest BCUT2D eigenvalue weighted by molar-refractivity contribution is -0.139. The van der Waals surface area contributed by atoms with Gasteiger partial charge < -0.3 is 15.7 Å². The minimum absolute atomic E-state index is 0.130. The fraction of sp³-hybridized carbons (Fsp3) is 0.600. The average Bonchev–Trinajstić information content (AvgIpc) is 2.32. The van der Waals surface area contributed by atoms with Crippen molar-refractivity contribution in [3.63, 3.8) is 0 Å². The number of carboxylic acids is 1. The highest BCUT2D eigenvalue weighted by atomic mass is 32.2. The molecule has 0 bridgehead atoms. The summed E-state index contributed by atoms with van der Waals surface area (Å²) in [5.74, 6) is -1.66. The van der Waals surface area contributed by atoms with E-state index in [1.165, 1.54) is 11.8 Å². The third-order valence-electron chi connectivity index (χ3n) is 1.89. The lowest BCUT2D eigenvalue weighted by Crippen LogP contribution is -2.48. The van der Waals surface area contributed by atoms with E-state index in [0.29, 0.717) is 5.75 Å². The highest BCUT2D eigenvalue weighted by Gasteiger charge is 2.19. The zero-order chi connectivity index (χ0) is 14.0. The average molecular weight is 273 g/mol. The number of nitriles is 1. The van der Waals surface area contributed by atoms with Gasteiger partial charge in [-0.2, -0.15) is 17.0 Å². The van der Waals surface area contributed by atoms with E-state index in [1.807, 2.05) is 0 Å². The number of aliphatic carboxylic acids is 1. The summed E-state index contributed by atoms with van der Waals surface area (Å²) < 4.78 is 0. The van der Waals surface area contributed by atoms with E-state index in [1.54, 1.807) is 12.3 Å². The SMILES string of the molecule is CSCC(NC(=O)CCC(=O)O)C(=O)NCC#N. The molecule has 0 aromatic carbocycles. The molecule has 3 N–H and O–H groups in total. The molecule has 0 spiro atoms. The van der Waals surface area contributed by atoms with Crippen molar-refractivity contribution < 1.29 is 19.5 Å². The molecule has 0 aliphatic rings. The van der Waals surface area contributed by atoms with Crippen LogP contribution < -0.4 is 10.6 Å². The predicted molar refractivity (Wildman–Crippen MR) is 65.8 cm³/mol. The summed E-state index contributed by atoms with van der Waals surface area (Å²) in [6.45, 7) is -0.130. The van der Waals surface area contributed by atoms with Crippen molar-refractivity contribution in [3.8, 4) is 6.07 Å². The van der Waals surface area contributed by atoms with Gasteiger partial charge in [0, 0.05) is 12.2 Å². The molecule has 8 heteroatoms. The normalized spacial score (nSPS) is 11.1. The topological polar surface area (TPSA) is 119 Å². The number of thioether (sulfide) groups is 1. The minimum atomic E-state index is -1.07. The molecule has 0 heterocycles. The molecular weight excluding hydrogens is 258 g/mol. The maximum atomic E-state index is 11.6. The van der Waals surface area contributed by atoms with Gasteiger partial charge in [0.05, 0.1) is 12.5 Å². The van der Waals surface area contributed by atoms with Crippen LogP contribution in [0.4, 0.5) is 0 Å². The molecule has 0 aromatic rings. The van der Waals surface area contributed by atoms with E-state index in [4.69, 9.17) is 10.4 Å². The Morgan fingerprint density at radius 3 is 2.56 bits per heavy atom. The van der Waals surface area contributed by atoms with Gasteiger partial charge in [-0.25, -0.2) is 0 Å². The molecule has 0 aliphatic heterocycles. The van der Waals surface area contributed by atoms with E-state index in [-0.39, 0.29) is 19.4 Å². The summed E-state index contributed by atoms with van der Waals surface area (Å²) in [6, 6.07) is 1.00. The molecule has 0 aliphatic carbocycles. The number of nitrogens with one attached hydrogen (secondary N) is 2. The molecular formula is C10H15N3O4S. The summed E-state index contributed by atoms with van der Waals surface area (Å²) in [6.07, 6.45) is 1.32. The Hall–Kier alpha value is -1.75. The second-order valence-electron chi connectivity index (χ2n) is 3.35. The Morgan fingerprint density at radius 1 is 1.39 bits per heavy atom. The molecule has 1 atom stereocenters. The van der Waals surface area contributed by atoms with Crippen molar-refractivity contribution in [1.29, 1.82) is 5.26 Å². The molecule has 100 valence electrons. The van der Waals surface area contributed by atoms with Crippen molar-refractivity contribution in [2.75, 3.05) is 18.6 Å². The molecule has 7 nitrogen and oxygen atoms in total. The number of carbonyl (C=O) groups excluding carboxylic acids is 2. The maximum absolute atomic E-state index is 11.6. The van der Waals surface area contributed by atoms with Crippen LogP contribution in [0.5, 0.6) is 0 Å². The second kappa shape index (κ2) is 9.30. The van der Waals surface area contributed by atoms with Gasteiger partial charge in [-0.3, -0.25) is 14.4 Å². The van der Waals surface area contributed by atoms with Gasteiger partial charge in [-0.15, -0.1) is 0 Å². The molecule has 1 unspecified atom stereocenters. The summed E-state index contributed by atoms with van der Waals surface area (Å²) in [4.78, 5) is 33.2. The summed E-state index contributed by atoms with van der Waals surface area (Å²) in [5.41, 5.74) is 0. The number of hydrogen-bond donors (Lipinski definition) is 3. The van der Waals surface area contributed by atoms with E-state index in [2.05, 4.69) is 10.6 Å². The van der Waals surface area contributed by atoms with Crippen LogP contribution in [0.2, 0.25) is 0 Å². The number of carboxylic acid groups (broad SMARTS) is 1. The van der Waals surface area contributed by atoms with Gasteiger partial charge >= 0.3 is 5.97 Å². The van der Waals surface area contributed by atoms with Crippen LogP contribution in [0, 0.1) is 11.3 Å². The first-order valence-electron chi connectivity index (χ1n) is 5.16. The molecule has 0 fully saturated rings. The first kappa shape index (κ1) is 16.2. The zero-order valence-electron chi connectivity index (χ0n) is 9.93. The Balaban J connectivity index is 4.25. The Bertz CT molecular complexity index is 354. The van der Waals surface area contributed by atoms with Gasteiger partial charge in [0.25, 0.3) is 0 Å². The fourth-order valence-electron chi connectivity index (χ4n) is 1.09. The minimum Gasteiger partial charge on any atom is -0.481 e. The molecule has 0 radical (unpaired) electrons. The van der Waals surface area contributed by atoms with Crippen molar-refractivity contribution in [1.82, 2.24) is 10.6 Å². The van der Waals surface area contributed by atoms with Crippen molar-refractivity contribution in [2.45, 2.75) is 18.9 Å². The lowest BCUT2D eigenvalue weighted by atomic mass is 10.2. The van der Waals surface area contributed by atoms with Crippen molar-refractivity contribution in [2.24, 2.45) is 0 Å². The number of nitrogens with zero attached hydrogens (tertiary/aromatic N) is 1. The van der Waals surface area contributed by atoms with Gasteiger partial charge in [-0.1, -0.05) is 0 Å². The molecule has 18 heavy (non-hydrogen) atoms.